The molecular weight excluding hydrogens is 378 g/mol. The van der Waals surface area contributed by atoms with Gasteiger partial charge in [0.15, 0.2) is 0 Å². The molecule has 2 N–H and O–H groups in total. The monoisotopic (exact) mass is 405 g/mol. The first-order valence-corrected chi connectivity index (χ1v) is 8.97. The minimum absolute atomic E-state index is 0. The van der Waals surface area contributed by atoms with Crippen molar-refractivity contribution >= 4 is 25.6 Å². The Morgan fingerprint density at radius 1 is 0.857 bits per heavy atom. The van der Waals surface area contributed by atoms with Gasteiger partial charge in [-0.1, -0.05) is 60.7 Å². The average molecular weight is 406 g/mol. The smallest absolute Gasteiger partial charge is 0.408 e. The molecule has 28 heavy (non-hydrogen) atoms. The fraction of sp³-hybridized carbons (Fsp3) is 0.333. The molecule has 0 bridgehead atoms. The lowest BCUT2D eigenvalue weighted by Gasteiger charge is -2.17. The van der Waals surface area contributed by atoms with Gasteiger partial charge in [0.2, 0.25) is 0 Å². The van der Waals surface area contributed by atoms with Gasteiger partial charge in [0, 0.05) is 6.61 Å². The van der Waals surface area contributed by atoms with Crippen LogP contribution in [-0.2, 0) is 27.5 Å². The standard InChI is InChI=1S/C21H25NO5.H2S/c23-14-8-7-13-19(20(24)26-15-17-9-3-1-4-10-17)22-21(25)27-16-18-11-5-2-6-12-18;/h1-6,9-12,19,23H,7-8,13-16H2,(H,22,25);1H2/t19-;/m0./s1. The van der Waals surface area contributed by atoms with Crippen LogP contribution in [0.4, 0.5) is 4.79 Å². The first-order valence-electron chi connectivity index (χ1n) is 8.97. The Bertz CT molecular complexity index is 696. The third-order valence-corrected chi connectivity index (χ3v) is 3.91. The Morgan fingerprint density at radius 3 is 1.93 bits per heavy atom. The van der Waals surface area contributed by atoms with E-state index in [9.17, 15) is 9.59 Å². The van der Waals surface area contributed by atoms with E-state index in [2.05, 4.69) is 5.32 Å². The van der Waals surface area contributed by atoms with Crippen molar-refractivity contribution in [2.45, 2.75) is 38.5 Å². The molecule has 6 nitrogen and oxygen atoms in total. The number of rotatable bonds is 10. The summed E-state index contributed by atoms with van der Waals surface area (Å²) < 4.78 is 10.5. The van der Waals surface area contributed by atoms with Crippen LogP contribution in [-0.4, -0.2) is 29.8 Å². The number of unbranched alkanes of at least 4 members (excludes halogenated alkanes) is 1. The van der Waals surface area contributed by atoms with Crippen LogP contribution in [0.5, 0.6) is 0 Å². The third-order valence-electron chi connectivity index (χ3n) is 3.91. The van der Waals surface area contributed by atoms with Crippen molar-refractivity contribution in [3.63, 3.8) is 0 Å². The zero-order valence-electron chi connectivity index (χ0n) is 15.7. The summed E-state index contributed by atoms with van der Waals surface area (Å²) >= 11 is 0. The van der Waals surface area contributed by atoms with Gasteiger partial charge in [0.1, 0.15) is 19.3 Å². The SMILES string of the molecule is O=C(N[C@@H](CCCCO)C(=O)OCc1ccccc1)OCc1ccccc1.S. The third kappa shape index (κ3) is 8.92. The topological polar surface area (TPSA) is 84.9 Å². The van der Waals surface area contributed by atoms with Gasteiger partial charge in [-0.05, 0) is 30.4 Å². The van der Waals surface area contributed by atoms with Gasteiger partial charge < -0.3 is 19.9 Å². The van der Waals surface area contributed by atoms with Crippen LogP contribution in [0.2, 0.25) is 0 Å². The molecule has 0 fully saturated rings. The largest absolute Gasteiger partial charge is 0.459 e. The Balaban J connectivity index is 0.00000392. The van der Waals surface area contributed by atoms with E-state index >= 15 is 0 Å². The van der Waals surface area contributed by atoms with Gasteiger partial charge in [0.25, 0.3) is 0 Å². The summed E-state index contributed by atoms with van der Waals surface area (Å²) in [7, 11) is 0. The number of hydrogen-bond acceptors (Lipinski definition) is 5. The number of benzene rings is 2. The maximum absolute atomic E-state index is 12.4. The summed E-state index contributed by atoms with van der Waals surface area (Å²) in [6, 6.07) is 17.8. The molecule has 0 aromatic heterocycles. The van der Waals surface area contributed by atoms with Crippen molar-refractivity contribution in [3.8, 4) is 0 Å². The van der Waals surface area contributed by atoms with Crippen LogP contribution >= 0.6 is 13.5 Å². The van der Waals surface area contributed by atoms with Crippen LogP contribution in [0.15, 0.2) is 60.7 Å². The van der Waals surface area contributed by atoms with E-state index in [0.29, 0.717) is 19.3 Å². The van der Waals surface area contributed by atoms with Crippen molar-refractivity contribution in [2.24, 2.45) is 0 Å². The van der Waals surface area contributed by atoms with Crippen molar-refractivity contribution in [1.82, 2.24) is 5.32 Å². The number of carbonyl (C=O) groups is 2. The molecule has 0 heterocycles. The second-order valence-corrected chi connectivity index (χ2v) is 6.07. The summed E-state index contributed by atoms with van der Waals surface area (Å²) in [5, 5.41) is 11.5. The maximum atomic E-state index is 12.4. The lowest BCUT2D eigenvalue weighted by molar-refractivity contribution is -0.147. The van der Waals surface area contributed by atoms with Gasteiger partial charge in [-0.2, -0.15) is 13.5 Å². The molecule has 1 atom stereocenters. The molecule has 2 aromatic rings. The maximum Gasteiger partial charge on any atom is 0.408 e. The van der Waals surface area contributed by atoms with Crippen LogP contribution in [0, 0.1) is 0 Å². The highest BCUT2D eigenvalue weighted by Crippen LogP contribution is 2.08. The van der Waals surface area contributed by atoms with Crippen LogP contribution in [0.25, 0.3) is 0 Å². The molecule has 1 amide bonds. The fourth-order valence-electron chi connectivity index (χ4n) is 2.45. The van der Waals surface area contributed by atoms with E-state index in [1.165, 1.54) is 0 Å². The minimum atomic E-state index is -0.816. The fourth-order valence-corrected chi connectivity index (χ4v) is 2.45. The number of aliphatic hydroxyl groups is 1. The predicted molar refractivity (Wildman–Crippen MR) is 111 cm³/mol. The summed E-state index contributed by atoms with van der Waals surface area (Å²) in [4.78, 5) is 24.4. The Hall–Kier alpha value is -2.51. The van der Waals surface area contributed by atoms with Gasteiger partial charge in [-0.3, -0.25) is 0 Å². The first-order chi connectivity index (χ1) is 13.2. The summed E-state index contributed by atoms with van der Waals surface area (Å²) in [6.07, 6.45) is 0.822. The highest BCUT2D eigenvalue weighted by Gasteiger charge is 2.22. The quantitative estimate of drug-likeness (QED) is 0.468. The van der Waals surface area contributed by atoms with Gasteiger partial charge >= 0.3 is 12.1 Å². The molecule has 0 aliphatic carbocycles. The second-order valence-electron chi connectivity index (χ2n) is 6.07. The molecule has 152 valence electrons. The van der Waals surface area contributed by atoms with E-state index < -0.39 is 18.1 Å². The lowest BCUT2D eigenvalue weighted by Crippen LogP contribution is -2.42. The number of alkyl carbamates (subject to hydrolysis) is 1. The summed E-state index contributed by atoms with van der Waals surface area (Å²) in [5.41, 5.74) is 1.72. The molecule has 0 saturated carbocycles. The van der Waals surface area contributed by atoms with Crippen molar-refractivity contribution in [3.05, 3.63) is 71.8 Å². The molecule has 0 spiro atoms. The van der Waals surface area contributed by atoms with E-state index in [-0.39, 0.29) is 33.3 Å². The molecule has 0 aliphatic heterocycles. The zero-order valence-corrected chi connectivity index (χ0v) is 16.7. The Kier molecular flexibility index (Phi) is 11.5. The number of esters is 1. The number of ether oxygens (including phenoxy) is 2. The van der Waals surface area contributed by atoms with E-state index in [1.807, 2.05) is 60.7 Å². The normalized spacial score (nSPS) is 11.0. The number of hydrogen-bond donors (Lipinski definition) is 2. The Morgan fingerprint density at radius 2 is 1.39 bits per heavy atom. The van der Waals surface area contributed by atoms with Gasteiger partial charge in [0.05, 0.1) is 0 Å². The van der Waals surface area contributed by atoms with Crippen LogP contribution < -0.4 is 5.32 Å². The van der Waals surface area contributed by atoms with Crippen molar-refractivity contribution in [1.29, 1.82) is 0 Å². The molecular formula is C21H27NO5S. The van der Waals surface area contributed by atoms with E-state index in [1.54, 1.807) is 0 Å². The van der Waals surface area contributed by atoms with Gasteiger partial charge in [-0.15, -0.1) is 0 Å². The lowest BCUT2D eigenvalue weighted by atomic mass is 10.1. The molecule has 0 saturated heterocycles. The highest BCUT2D eigenvalue weighted by molar-refractivity contribution is 7.59. The molecule has 2 aromatic carbocycles. The Labute approximate surface area is 172 Å². The zero-order chi connectivity index (χ0) is 19.3. The molecule has 7 heteroatoms. The van der Waals surface area contributed by atoms with Gasteiger partial charge in [-0.25, -0.2) is 9.59 Å². The van der Waals surface area contributed by atoms with Crippen molar-refractivity contribution in [2.75, 3.05) is 6.61 Å². The predicted octanol–water partition coefficient (Wildman–Crippen LogP) is 3.30. The van der Waals surface area contributed by atoms with Crippen molar-refractivity contribution < 1.29 is 24.2 Å². The van der Waals surface area contributed by atoms with Crippen LogP contribution in [0.1, 0.15) is 30.4 Å². The van der Waals surface area contributed by atoms with E-state index in [4.69, 9.17) is 14.6 Å². The number of carbonyl (C=O) groups excluding carboxylic acids is 2. The van der Waals surface area contributed by atoms with Crippen LogP contribution in [0.3, 0.4) is 0 Å². The number of nitrogens with one attached hydrogen (secondary N) is 1. The molecule has 0 radical (unpaired) electrons. The highest BCUT2D eigenvalue weighted by atomic mass is 32.1. The van der Waals surface area contributed by atoms with E-state index in [0.717, 1.165) is 11.1 Å². The number of amides is 1. The first kappa shape index (κ1) is 23.5. The molecule has 0 aliphatic rings. The summed E-state index contributed by atoms with van der Waals surface area (Å²) in [5.74, 6) is -0.520. The average Bonchev–Trinajstić information content (AvgIpc) is 2.71. The number of aliphatic hydroxyl groups excluding tert-OH is 1. The second kappa shape index (κ2) is 13.6. The molecule has 2 rings (SSSR count). The molecule has 0 unspecified atom stereocenters. The minimum Gasteiger partial charge on any atom is -0.459 e. The summed E-state index contributed by atoms with van der Waals surface area (Å²) in [6.45, 7) is 0.288.